The number of unbranched alkanes of at least 4 members (excludes halogenated alkanes) is 1. The zero-order valence-electron chi connectivity index (χ0n) is 14.4. The van der Waals surface area contributed by atoms with Crippen LogP contribution in [-0.4, -0.2) is 46.3 Å². The molecule has 0 unspecified atom stereocenters. The van der Waals surface area contributed by atoms with Gasteiger partial charge in [-0.2, -0.15) is 5.10 Å². The van der Waals surface area contributed by atoms with Crippen molar-refractivity contribution in [2.75, 3.05) is 19.7 Å². The van der Waals surface area contributed by atoms with Gasteiger partial charge in [0.15, 0.2) is 0 Å². The second kappa shape index (κ2) is 8.61. The van der Waals surface area contributed by atoms with Gasteiger partial charge in [-0.3, -0.25) is 14.4 Å². The lowest BCUT2D eigenvalue weighted by Crippen LogP contribution is -2.41. The number of carbonyl (C=O) groups excluding carboxylic acids is 2. The second-order valence-electron chi connectivity index (χ2n) is 5.95. The number of esters is 1. The summed E-state index contributed by atoms with van der Waals surface area (Å²) in [7, 11) is 0. The second-order valence-corrected chi connectivity index (χ2v) is 5.95. The van der Waals surface area contributed by atoms with Crippen LogP contribution in [0.4, 0.5) is 0 Å². The molecule has 7 heteroatoms. The highest BCUT2D eigenvalue weighted by Gasteiger charge is 2.29. The molecule has 0 bridgehead atoms. The summed E-state index contributed by atoms with van der Waals surface area (Å²) in [6, 6.07) is 2.87. The summed E-state index contributed by atoms with van der Waals surface area (Å²) in [5.74, 6) is -0.515. The number of hydrogen-bond donors (Lipinski definition) is 0. The molecule has 1 aromatic rings. The van der Waals surface area contributed by atoms with E-state index in [4.69, 9.17) is 4.74 Å². The normalized spacial score (nSPS) is 15.3. The Kier molecular flexibility index (Phi) is 6.52. The number of ether oxygens (including phenoxy) is 1. The molecule has 0 aliphatic carbocycles. The van der Waals surface area contributed by atoms with E-state index in [9.17, 15) is 14.4 Å². The minimum Gasteiger partial charge on any atom is -0.466 e. The Hall–Kier alpha value is -2.18. The van der Waals surface area contributed by atoms with Crippen LogP contribution >= 0.6 is 0 Å². The monoisotopic (exact) mass is 335 g/mol. The molecule has 0 N–H and O–H groups in total. The van der Waals surface area contributed by atoms with E-state index in [0.29, 0.717) is 39.1 Å². The Morgan fingerprint density at radius 1 is 1.25 bits per heavy atom. The number of rotatable bonds is 6. The van der Waals surface area contributed by atoms with Gasteiger partial charge in [0.2, 0.25) is 0 Å². The fraction of sp³-hybridized carbons (Fsp3) is 0.647. The third kappa shape index (κ3) is 4.43. The predicted octanol–water partition coefficient (Wildman–Crippen LogP) is 1.46. The van der Waals surface area contributed by atoms with Crippen LogP contribution < -0.4 is 5.56 Å². The first kappa shape index (κ1) is 18.2. The van der Waals surface area contributed by atoms with E-state index >= 15 is 0 Å². The quantitative estimate of drug-likeness (QED) is 0.735. The van der Waals surface area contributed by atoms with E-state index in [1.54, 1.807) is 11.8 Å². The largest absolute Gasteiger partial charge is 0.466 e. The Bertz CT molecular complexity index is 633. The van der Waals surface area contributed by atoms with Gasteiger partial charge in [0.1, 0.15) is 5.69 Å². The van der Waals surface area contributed by atoms with Crippen molar-refractivity contribution in [2.45, 2.75) is 46.1 Å². The molecule has 24 heavy (non-hydrogen) atoms. The molecule has 1 aliphatic rings. The Morgan fingerprint density at radius 3 is 2.58 bits per heavy atom. The number of aromatic nitrogens is 2. The van der Waals surface area contributed by atoms with Gasteiger partial charge in [-0.05, 0) is 32.3 Å². The maximum Gasteiger partial charge on any atom is 0.309 e. The summed E-state index contributed by atoms with van der Waals surface area (Å²) in [6.07, 6.45) is 2.99. The fourth-order valence-electron chi connectivity index (χ4n) is 2.77. The number of hydrogen-bond acceptors (Lipinski definition) is 5. The fourth-order valence-corrected chi connectivity index (χ4v) is 2.77. The molecular formula is C17H25N3O4. The van der Waals surface area contributed by atoms with Gasteiger partial charge in [-0.25, -0.2) is 4.68 Å². The molecule has 2 rings (SSSR count). The van der Waals surface area contributed by atoms with Crippen LogP contribution in [0.5, 0.6) is 0 Å². The van der Waals surface area contributed by atoms with Crippen molar-refractivity contribution in [1.82, 2.24) is 14.7 Å². The molecular weight excluding hydrogens is 310 g/mol. The first-order valence-corrected chi connectivity index (χ1v) is 8.60. The molecule has 1 aliphatic heterocycles. The maximum atomic E-state index is 12.6. The number of aryl methyl sites for hydroxylation is 1. The van der Waals surface area contributed by atoms with E-state index in [2.05, 4.69) is 5.10 Å². The predicted molar refractivity (Wildman–Crippen MR) is 88.7 cm³/mol. The van der Waals surface area contributed by atoms with Crippen LogP contribution in [0.1, 0.15) is 50.0 Å². The highest BCUT2D eigenvalue weighted by molar-refractivity contribution is 5.92. The van der Waals surface area contributed by atoms with Gasteiger partial charge in [0, 0.05) is 25.7 Å². The van der Waals surface area contributed by atoms with Gasteiger partial charge < -0.3 is 9.64 Å². The number of nitrogens with zero attached hydrogens (tertiary/aromatic N) is 3. The average molecular weight is 335 g/mol. The minimum absolute atomic E-state index is 0.138. The maximum absolute atomic E-state index is 12.6. The highest BCUT2D eigenvalue weighted by Crippen LogP contribution is 2.19. The lowest BCUT2D eigenvalue weighted by molar-refractivity contribution is -0.149. The number of carbonyl (C=O) groups is 2. The summed E-state index contributed by atoms with van der Waals surface area (Å²) in [4.78, 5) is 37.8. The Morgan fingerprint density at radius 2 is 1.96 bits per heavy atom. The summed E-state index contributed by atoms with van der Waals surface area (Å²) < 4.78 is 6.38. The summed E-state index contributed by atoms with van der Waals surface area (Å²) >= 11 is 0. The van der Waals surface area contributed by atoms with Crippen molar-refractivity contribution in [2.24, 2.45) is 5.92 Å². The molecule has 0 atom stereocenters. The first-order valence-electron chi connectivity index (χ1n) is 8.60. The lowest BCUT2D eigenvalue weighted by atomic mass is 9.97. The van der Waals surface area contributed by atoms with Gasteiger partial charge in [0.25, 0.3) is 11.5 Å². The third-order valence-corrected chi connectivity index (χ3v) is 4.21. The Labute approximate surface area is 141 Å². The van der Waals surface area contributed by atoms with Crippen LogP contribution in [0.3, 0.4) is 0 Å². The zero-order valence-corrected chi connectivity index (χ0v) is 14.4. The van der Waals surface area contributed by atoms with Crippen molar-refractivity contribution in [1.29, 1.82) is 0 Å². The molecule has 0 aromatic carbocycles. The van der Waals surface area contributed by atoms with Crippen LogP contribution in [0.25, 0.3) is 0 Å². The number of amides is 1. The SMILES string of the molecule is CCCCn1nc(C(=O)N2CCC(C(=O)OCC)CC2)ccc1=O. The molecule has 132 valence electrons. The average Bonchev–Trinajstić information content (AvgIpc) is 2.61. The van der Waals surface area contributed by atoms with E-state index in [1.165, 1.54) is 16.8 Å². The van der Waals surface area contributed by atoms with Crippen molar-refractivity contribution >= 4 is 11.9 Å². The summed E-state index contributed by atoms with van der Waals surface area (Å²) in [5.41, 5.74) is 0.0845. The molecule has 2 heterocycles. The van der Waals surface area contributed by atoms with Gasteiger partial charge >= 0.3 is 5.97 Å². The molecule has 0 spiro atoms. The molecule has 0 saturated carbocycles. The highest BCUT2D eigenvalue weighted by atomic mass is 16.5. The molecule has 1 fully saturated rings. The van der Waals surface area contributed by atoms with Crippen LogP contribution in [0.2, 0.25) is 0 Å². The van der Waals surface area contributed by atoms with Crippen molar-refractivity contribution < 1.29 is 14.3 Å². The van der Waals surface area contributed by atoms with E-state index in [-0.39, 0.29) is 29.0 Å². The lowest BCUT2D eigenvalue weighted by Gasteiger charge is -2.30. The van der Waals surface area contributed by atoms with Gasteiger partial charge in [0.05, 0.1) is 12.5 Å². The van der Waals surface area contributed by atoms with Crippen LogP contribution in [-0.2, 0) is 16.1 Å². The molecule has 7 nitrogen and oxygen atoms in total. The molecule has 1 amide bonds. The van der Waals surface area contributed by atoms with E-state index in [0.717, 1.165) is 12.8 Å². The van der Waals surface area contributed by atoms with Crippen molar-refractivity contribution in [3.8, 4) is 0 Å². The number of likely N-dealkylation sites (tertiary alicyclic amines) is 1. The molecule has 1 aromatic heterocycles. The molecule has 0 radical (unpaired) electrons. The van der Waals surface area contributed by atoms with Gasteiger partial charge in [-0.1, -0.05) is 13.3 Å². The third-order valence-electron chi connectivity index (χ3n) is 4.21. The van der Waals surface area contributed by atoms with Crippen molar-refractivity contribution in [3.63, 3.8) is 0 Å². The van der Waals surface area contributed by atoms with E-state index in [1.807, 2.05) is 6.92 Å². The van der Waals surface area contributed by atoms with Crippen molar-refractivity contribution in [3.05, 3.63) is 28.2 Å². The topological polar surface area (TPSA) is 81.5 Å². The summed E-state index contributed by atoms with van der Waals surface area (Å²) in [5, 5.41) is 4.19. The molecule has 1 saturated heterocycles. The summed E-state index contributed by atoms with van der Waals surface area (Å²) in [6.45, 7) is 5.71. The first-order chi connectivity index (χ1) is 11.6. The van der Waals surface area contributed by atoms with Crippen LogP contribution in [0.15, 0.2) is 16.9 Å². The number of piperidine rings is 1. The Balaban J connectivity index is 2.00. The van der Waals surface area contributed by atoms with Gasteiger partial charge in [-0.15, -0.1) is 0 Å². The van der Waals surface area contributed by atoms with Crippen LogP contribution in [0, 0.1) is 5.92 Å². The minimum atomic E-state index is -0.194. The van der Waals surface area contributed by atoms with E-state index < -0.39 is 0 Å². The zero-order chi connectivity index (χ0) is 17.5. The smallest absolute Gasteiger partial charge is 0.309 e. The standard InChI is InChI=1S/C17H25N3O4/c1-3-5-10-20-15(21)7-6-14(18-20)16(22)19-11-8-13(9-12-19)17(23)24-4-2/h6-7,13H,3-5,8-12H2,1-2H3.